The lowest BCUT2D eigenvalue weighted by Crippen LogP contribution is -2.17. The third kappa shape index (κ3) is 7.70. The molecular weight excluding hydrogens is 295 g/mol. The van der Waals surface area contributed by atoms with E-state index >= 15 is 0 Å². The molecule has 0 bridgehead atoms. The smallest absolute Gasteiger partial charge is 0.0928 e. The number of hydrogen-bond donors (Lipinski definition) is 0. The first kappa shape index (κ1) is 20.0. The Kier molecular flexibility index (Phi) is 10.1. The Balaban J connectivity index is 1.52. The van der Waals surface area contributed by atoms with Gasteiger partial charge in [0.05, 0.1) is 6.67 Å². The van der Waals surface area contributed by atoms with E-state index in [0.717, 1.165) is 23.7 Å². The molecule has 1 heteroatoms. The Morgan fingerprint density at radius 2 is 1.29 bits per heavy atom. The van der Waals surface area contributed by atoms with Gasteiger partial charge >= 0.3 is 0 Å². The summed E-state index contributed by atoms with van der Waals surface area (Å²) in [6, 6.07) is 0. The first-order valence-electron chi connectivity index (χ1n) is 11.0. The maximum Gasteiger partial charge on any atom is 0.0928 e. The number of unbranched alkanes of at least 4 members (excludes halogenated alkanes) is 2. The van der Waals surface area contributed by atoms with Crippen molar-refractivity contribution in [2.75, 3.05) is 6.67 Å². The number of halogens is 1. The fourth-order valence-electron chi connectivity index (χ4n) is 4.98. The van der Waals surface area contributed by atoms with Crippen LogP contribution < -0.4 is 0 Å². The summed E-state index contributed by atoms with van der Waals surface area (Å²) in [7, 11) is 0. The molecule has 2 aliphatic carbocycles. The molecule has 2 aliphatic rings. The summed E-state index contributed by atoms with van der Waals surface area (Å²) in [6.45, 7) is 2.11. The van der Waals surface area contributed by atoms with Crippen molar-refractivity contribution in [3.05, 3.63) is 12.2 Å². The lowest BCUT2D eigenvalue weighted by atomic mass is 9.75. The normalized spacial score (nSPS) is 31.6. The van der Waals surface area contributed by atoms with Gasteiger partial charge in [0.15, 0.2) is 0 Å². The van der Waals surface area contributed by atoms with Gasteiger partial charge < -0.3 is 0 Å². The molecule has 0 aliphatic heterocycles. The molecule has 0 aromatic carbocycles. The molecule has 0 unspecified atom stereocenters. The van der Waals surface area contributed by atoms with Crippen LogP contribution in [0.25, 0.3) is 0 Å². The van der Waals surface area contributed by atoms with Gasteiger partial charge in [-0.05, 0) is 55.8 Å². The molecule has 0 heterocycles. The van der Waals surface area contributed by atoms with Crippen molar-refractivity contribution < 1.29 is 4.39 Å². The first-order chi connectivity index (χ1) is 11.8. The van der Waals surface area contributed by atoms with Crippen LogP contribution >= 0.6 is 0 Å². The molecule has 2 saturated carbocycles. The maximum atomic E-state index is 12.1. The van der Waals surface area contributed by atoms with E-state index in [-0.39, 0.29) is 6.67 Å². The Morgan fingerprint density at radius 1 is 0.750 bits per heavy atom. The van der Waals surface area contributed by atoms with E-state index in [1.807, 2.05) is 0 Å². The van der Waals surface area contributed by atoms with Crippen molar-refractivity contribution in [2.45, 2.75) is 103 Å². The molecule has 2 rings (SSSR count). The first-order valence-corrected chi connectivity index (χ1v) is 11.0. The second kappa shape index (κ2) is 12.1. The van der Waals surface area contributed by atoms with Gasteiger partial charge in [0.25, 0.3) is 0 Å². The quantitative estimate of drug-likeness (QED) is 0.281. The average molecular weight is 337 g/mol. The molecule has 140 valence electrons. The molecule has 0 radical (unpaired) electrons. The molecule has 0 spiro atoms. The van der Waals surface area contributed by atoms with Gasteiger partial charge in [0.2, 0.25) is 0 Å². The van der Waals surface area contributed by atoms with Crippen LogP contribution in [0.3, 0.4) is 0 Å². The average Bonchev–Trinajstić information content (AvgIpc) is 2.63. The van der Waals surface area contributed by atoms with E-state index in [1.165, 1.54) is 89.9 Å². The number of hydrogen-bond acceptors (Lipinski definition) is 0. The van der Waals surface area contributed by atoms with E-state index in [4.69, 9.17) is 0 Å². The summed E-state index contributed by atoms with van der Waals surface area (Å²) in [5, 5.41) is 0. The van der Waals surface area contributed by atoms with Crippen LogP contribution in [0.4, 0.5) is 4.39 Å². The zero-order valence-corrected chi connectivity index (χ0v) is 16.2. The number of alkyl halides is 1. The highest BCUT2D eigenvalue weighted by molar-refractivity contribution is 4.91. The molecule has 0 N–H and O–H groups in total. The van der Waals surface area contributed by atoms with Crippen molar-refractivity contribution in [2.24, 2.45) is 23.7 Å². The van der Waals surface area contributed by atoms with Crippen LogP contribution in [0, 0.1) is 23.7 Å². The Hall–Kier alpha value is -0.330. The Morgan fingerprint density at radius 3 is 1.83 bits per heavy atom. The monoisotopic (exact) mass is 336 g/mol. The predicted molar refractivity (Wildman–Crippen MR) is 104 cm³/mol. The molecule has 0 aromatic rings. The van der Waals surface area contributed by atoms with Gasteiger partial charge in [-0.25, -0.2) is 0 Å². The lowest BCUT2D eigenvalue weighted by Gasteiger charge is -2.31. The zero-order valence-electron chi connectivity index (χ0n) is 16.2. The van der Waals surface area contributed by atoms with Crippen LogP contribution in [0.15, 0.2) is 12.2 Å². The van der Waals surface area contributed by atoms with Gasteiger partial charge in [0.1, 0.15) is 0 Å². The molecule has 0 atom stereocenters. The molecule has 2 fully saturated rings. The van der Waals surface area contributed by atoms with Crippen LogP contribution in [-0.2, 0) is 0 Å². The van der Waals surface area contributed by atoms with Crippen LogP contribution in [0.2, 0.25) is 0 Å². The van der Waals surface area contributed by atoms with E-state index in [1.54, 1.807) is 0 Å². The summed E-state index contributed by atoms with van der Waals surface area (Å²) in [6.07, 6.45) is 25.3. The number of allylic oxidation sites excluding steroid dienone is 2. The van der Waals surface area contributed by atoms with Crippen molar-refractivity contribution in [1.82, 2.24) is 0 Å². The Labute approximate surface area is 150 Å². The summed E-state index contributed by atoms with van der Waals surface area (Å²) < 4.78 is 12.1. The summed E-state index contributed by atoms with van der Waals surface area (Å²) in [4.78, 5) is 0. The van der Waals surface area contributed by atoms with E-state index in [9.17, 15) is 4.39 Å². The summed E-state index contributed by atoms with van der Waals surface area (Å²) >= 11 is 0. The third-order valence-electron chi connectivity index (χ3n) is 6.74. The molecule has 24 heavy (non-hydrogen) atoms. The van der Waals surface area contributed by atoms with Crippen LogP contribution in [-0.4, -0.2) is 6.67 Å². The minimum absolute atomic E-state index is 0.202. The molecule has 0 amide bonds. The molecule has 0 nitrogen and oxygen atoms in total. The standard InChI is InChI=1S/C23H41F/c1-2-3-4-7-20-9-13-22(14-10-20)17-18-23-15-11-21(12-16-23)8-5-6-19-24/h5,8,20-23H,2-4,6-7,9-19H2,1H3/b8-5+/t20-,21?,22-,23?. The largest absolute Gasteiger partial charge is 0.251 e. The van der Waals surface area contributed by atoms with Crippen molar-refractivity contribution in [3.8, 4) is 0 Å². The van der Waals surface area contributed by atoms with Gasteiger partial charge in [-0.1, -0.05) is 83.3 Å². The highest BCUT2D eigenvalue weighted by atomic mass is 19.1. The zero-order chi connectivity index (χ0) is 17.0. The van der Waals surface area contributed by atoms with Gasteiger partial charge in [-0.3, -0.25) is 4.39 Å². The van der Waals surface area contributed by atoms with Gasteiger partial charge in [0, 0.05) is 0 Å². The topological polar surface area (TPSA) is 0 Å². The molecule has 0 aromatic heterocycles. The van der Waals surface area contributed by atoms with Gasteiger partial charge in [-0.15, -0.1) is 0 Å². The predicted octanol–water partition coefficient (Wildman–Crippen LogP) is 7.88. The fourth-order valence-corrected chi connectivity index (χ4v) is 4.98. The summed E-state index contributed by atoms with van der Waals surface area (Å²) in [5.74, 6) is 3.82. The fraction of sp³-hybridized carbons (Fsp3) is 0.913. The minimum Gasteiger partial charge on any atom is -0.251 e. The minimum atomic E-state index is -0.202. The van der Waals surface area contributed by atoms with E-state index in [0.29, 0.717) is 6.42 Å². The highest BCUT2D eigenvalue weighted by Gasteiger charge is 2.23. The number of rotatable bonds is 10. The van der Waals surface area contributed by atoms with E-state index < -0.39 is 0 Å². The Bertz CT molecular complexity index is 319. The second-order valence-electron chi connectivity index (χ2n) is 8.65. The van der Waals surface area contributed by atoms with Crippen molar-refractivity contribution in [3.63, 3.8) is 0 Å². The van der Waals surface area contributed by atoms with E-state index in [2.05, 4.69) is 19.1 Å². The van der Waals surface area contributed by atoms with Gasteiger partial charge in [-0.2, -0.15) is 0 Å². The SMILES string of the molecule is CCCCC[C@H]1CC[C@H](CCC2CCC(/C=C/CCF)CC2)CC1. The maximum absolute atomic E-state index is 12.1. The lowest BCUT2D eigenvalue weighted by molar-refractivity contribution is 0.219. The highest BCUT2D eigenvalue weighted by Crippen LogP contribution is 2.38. The van der Waals surface area contributed by atoms with Crippen molar-refractivity contribution in [1.29, 1.82) is 0 Å². The molecule has 0 saturated heterocycles. The molecular formula is C23H41F. The van der Waals surface area contributed by atoms with Crippen LogP contribution in [0.5, 0.6) is 0 Å². The van der Waals surface area contributed by atoms with Crippen molar-refractivity contribution >= 4 is 0 Å². The second-order valence-corrected chi connectivity index (χ2v) is 8.65. The van der Waals surface area contributed by atoms with Crippen LogP contribution in [0.1, 0.15) is 103 Å². The third-order valence-corrected chi connectivity index (χ3v) is 6.74. The summed E-state index contributed by atoms with van der Waals surface area (Å²) in [5.41, 5.74) is 0.